The largest absolute Gasteiger partial charge is 0.497 e. The van der Waals surface area contributed by atoms with Crippen molar-refractivity contribution in [2.45, 2.75) is 12.8 Å². The molecule has 0 aromatic heterocycles. The number of methoxy groups -OCH3 is 1. The second-order valence-electron chi connectivity index (χ2n) is 4.62. The number of fused-ring (bicyclic) bond motifs is 1. The zero-order chi connectivity index (χ0) is 15.2. The lowest BCUT2D eigenvalue weighted by atomic mass is 10.1. The monoisotopic (exact) mass is 291 g/mol. The first-order valence-corrected chi connectivity index (χ1v) is 6.61. The van der Waals surface area contributed by atoms with Crippen LogP contribution in [0.2, 0.25) is 0 Å². The number of hydrogen-bond donors (Lipinski definition) is 2. The minimum absolute atomic E-state index is 0.0376. The van der Waals surface area contributed by atoms with Gasteiger partial charge in [-0.15, -0.1) is 0 Å². The normalized spacial score (nSPS) is 12.7. The summed E-state index contributed by atoms with van der Waals surface area (Å²) in [6, 6.07) is 5.39. The molecular formula is C15H17NO5. The zero-order valence-corrected chi connectivity index (χ0v) is 11.7. The van der Waals surface area contributed by atoms with Gasteiger partial charge in [-0.1, -0.05) is 0 Å². The van der Waals surface area contributed by atoms with Crippen LogP contribution in [0.25, 0.3) is 6.08 Å². The van der Waals surface area contributed by atoms with Crippen LogP contribution in [-0.4, -0.2) is 37.2 Å². The lowest BCUT2D eigenvalue weighted by Crippen LogP contribution is -2.29. The standard InChI is InChI=1S/C15H17NO5/c1-20-12-4-5-13-10(8-12)7-11(9-21-13)15(19)16-6-2-3-14(17)18/h4-5,7-8H,2-3,6,9H2,1H3,(H,16,19)(H,17,18). The van der Waals surface area contributed by atoms with E-state index in [1.54, 1.807) is 31.4 Å². The minimum atomic E-state index is -0.870. The van der Waals surface area contributed by atoms with E-state index in [9.17, 15) is 9.59 Å². The Kier molecular flexibility index (Phi) is 4.81. The van der Waals surface area contributed by atoms with Gasteiger partial charge in [0.25, 0.3) is 5.91 Å². The predicted octanol–water partition coefficient (Wildman–Crippen LogP) is 1.45. The third-order valence-electron chi connectivity index (χ3n) is 3.07. The Morgan fingerprint density at radius 2 is 2.24 bits per heavy atom. The molecule has 0 atom stereocenters. The number of hydrogen-bond acceptors (Lipinski definition) is 4. The van der Waals surface area contributed by atoms with Crippen molar-refractivity contribution in [2.24, 2.45) is 0 Å². The highest BCUT2D eigenvalue weighted by atomic mass is 16.5. The molecule has 21 heavy (non-hydrogen) atoms. The van der Waals surface area contributed by atoms with Crippen LogP contribution < -0.4 is 14.8 Å². The molecule has 0 unspecified atom stereocenters. The second-order valence-corrected chi connectivity index (χ2v) is 4.62. The third-order valence-corrected chi connectivity index (χ3v) is 3.07. The van der Waals surface area contributed by atoms with E-state index >= 15 is 0 Å². The topological polar surface area (TPSA) is 84.9 Å². The highest BCUT2D eigenvalue weighted by Gasteiger charge is 2.17. The van der Waals surface area contributed by atoms with E-state index < -0.39 is 5.97 Å². The molecule has 1 aromatic rings. The summed E-state index contributed by atoms with van der Waals surface area (Å²) >= 11 is 0. The summed E-state index contributed by atoms with van der Waals surface area (Å²) in [7, 11) is 1.57. The summed E-state index contributed by atoms with van der Waals surface area (Å²) < 4.78 is 10.7. The molecule has 0 saturated carbocycles. The first-order valence-electron chi connectivity index (χ1n) is 6.61. The van der Waals surface area contributed by atoms with Crippen molar-refractivity contribution < 1.29 is 24.2 Å². The molecule has 6 nitrogen and oxygen atoms in total. The van der Waals surface area contributed by atoms with Gasteiger partial charge < -0.3 is 19.9 Å². The Morgan fingerprint density at radius 3 is 2.95 bits per heavy atom. The number of carbonyl (C=O) groups excluding carboxylic acids is 1. The third kappa shape index (κ3) is 3.98. The van der Waals surface area contributed by atoms with Gasteiger partial charge in [0.15, 0.2) is 0 Å². The summed E-state index contributed by atoms with van der Waals surface area (Å²) in [5.74, 6) is 0.286. The Labute approximate surface area is 122 Å². The molecule has 0 fully saturated rings. The quantitative estimate of drug-likeness (QED) is 0.775. The fraction of sp³-hybridized carbons (Fsp3) is 0.333. The van der Waals surface area contributed by atoms with Crippen LogP contribution in [0.4, 0.5) is 0 Å². The molecule has 1 amide bonds. The van der Waals surface area contributed by atoms with E-state index in [0.29, 0.717) is 30.0 Å². The maximum Gasteiger partial charge on any atom is 0.303 e. The molecule has 6 heteroatoms. The average molecular weight is 291 g/mol. The van der Waals surface area contributed by atoms with Gasteiger partial charge in [-0.05, 0) is 30.7 Å². The lowest BCUT2D eigenvalue weighted by Gasteiger charge is -2.18. The summed E-state index contributed by atoms with van der Waals surface area (Å²) in [6.07, 6.45) is 2.20. The van der Waals surface area contributed by atoms with Gasteiger partial charge in [-0.2, -0.15) is 0 Å². The lowest BCUT2D eigenvalue weighted by molar-refractivity contribution is -0.137. The fourth-order valence-electron chi connectivity index (χ4n) is 1.97. The maximum atomic E-state index is 12.0. The fourth-order valence-corrected chi connectivity index (χ4v) is 1.97. The van der Waals surface area contributed by atoms with Crippen LogP contribution in [0.15, 0.2) is 23.8 Å². The minimum Gasteiger partial charge on any atom is -0.497 e. The van der Waals surface area contributed by atoms with Crippen molar-refractivity contribution >= 4 is 18.0 Å². The molecule has 1 heterocycles. The summed E-state index contributed by atoms with van der Waals surface area (Å²) in [4.78, 5) is 22.4. The molecule has 1 aromatic carbocycles. The number of aliphatic carboxylic acids is 1. The number of carboxylic acids is 1. The number of nitrogens with one attached hydrogen (secondary N) is 1. The molecule has 0 radical (unpaired) electrons. The summed E-state index contributed by atoms with van der Waals surface area (Å²) in [6.45, 7) is 0.525. The Bertz CT molecular complexity index is 579. The van der Waals surface area contributed by atoms with Crippen LogP contribution in [-0.2, 0) is 9.59 Å². The van der Waals surface area contributed by atoms with Crippen molar-refractivity contribution in [1.29, 1.82) is 0 Å². The molecule has 1 aliphatic heterocycles. The number of benzene rings is 1. The highest BCUT2D eigenvalue weighted by Crippen LogP contribution is 2.29. The van der Waals surface area contributed by atoms with Gasteiger partial charge in [-0.3, -0.25) is 9.59 Å². The zero-order valence-electron chi connectivity index (χ0n) is 11.7. The van der Waals surface area contributed by atoms with E-state index in [1.165, 1.54) is 0 Å². The average Bonchev–Trinajstić information content (AvgIpc) is 2.50. The van der Waals surface area contributed by atoms with Crippen molar-refractivity contribution in [3.63, 3.8) is 0 Å². The number of rotatable bonds is 6. The molecule has 2 N–H and O–H groups in total. The van der Waals surface area contributed by atoms with E-state index in [-0.39, 0.29) is 18.9 Å². The van der Waals surface area contributed by atoms with Gasteiger partial charge in [-0.25, -0.2) is 0 Å². The molecule has 2 rings (SSSR count). The highest BCUT2D eigenvalue weighted by molar-refractivity contribution is 5.99. The summed E-state index contributed by atoms with van der Waals surface area (Å²) in [5, 5.41) is 11.2. The molecule has 112 valence electrons. The van der Waals surface area contributed by atoms with Gasteiger partial charge >= 0.3 is 5.97 Å². The van der Waals surface area contributed by atoms with Crippen LogP contribution in [0, 0.1) is 0 Å². The number of amides is 1. The smallest absolute Gasteiger partial charge is 0.303 e. The SMILES string of the molecule is COc1ccc2c(c1)C=C(C(=O)NCCCC(=O)O)CO2. The van der Waals surface area contributed by atoms with Gasteiger partial charge in [0.05, 0.1) is 12.7 Å². The molecule has 0 bridgehead atoms. The van der Waals surface area contributed by atoms with Gasteiger partial charge in [0, 0.05) is 18.5 Å². The number of carboxylic acid groups (broad SMARTS) is 1. The van der Waals surface area contributed by atoms with Crippen LogP contribution in [0.5, 0.6) is 11.5 Å². The van der Waals surface area contributed by atoms with Crippen LogP contribution in [0.1, 0.15) is 18.4 Å². The maximum absolute atomic E-state index is 12.0. The molecular weight excluding hydrogens is 274 g/mol. The number of ether oxygens (including phenoxy) is 2. The number of carbonyl (C=O) groups is 2. The van der Waals surface area contributed by atoms with E-state index in [4.69, 9.17) is 14.6 Å². The predicted molar refractivity (Wildman–Crippen MR) is 76.3 cm³/mol. The molecule has 0 aliphatic carbocycles. The molecule has 0 spiro atoms. The van der Waals surface area contributed by atoms with Crippen LogP contribution in [0.3, 0.4) is 0 Å². The van der Waals surface area contributed by atoms with E-state index in [2.05, 4.69) is 5.32 Å². The molecule has 1 aliphatic rings. The van der Waals surface area contributed by atoms with Gasteiger partial charge in [0.1, 0.15) is 18.1 Å². The van der Waals surface area contributed by atoms with E-state index in [0.717, 1.165) is 5.56 Å². The Hall–Kier alpha value is -2.50. The Balaban J connectivity index is 1.98. The van der Waals surface area contributed by atoms with Crippen molar-refractivity contribution in [1.82, 2.24) is 5.32 Å². The van der Waals surface area contributed by atoms with Crippen LogP contribution >= 0.6 is 0 Å². The van der Waals surface area contributed by atoms with E-state index in [1.807, 2.05) is 0 Å². The van der Waals surface area contributed by atoms with Crippen molar-refractivity contribution in [2.75, 3.05) is 20.3 Å². The van der Waals surface area contributed by atoms with Crippen molar-refractivity contribution in [3.8, 4) is 11.5 Å². The first-order chi connectivity index (χ1) is 10.1. The van der Waals surface area contributed by atoms with Gasteiger partial charge in [0.2, 0.25) is 0 Å². The second kappa shape index (κ2) is 6.78. The van der Waals surface area contributed by atoms with Crippen molar-refractivity contribution in [3.05, 3.63) is 29.3 Å². The first kappa shape index (κ1) is 14.9. The molecule has 0 saturated heterocycles. The summed E-state index contributed by atoms with van der Waals surface area (Å²) in [5.41, 5.74) is 1.29. The Morgan fingerprint density at radius 1 is 1.43 bits per heavy atom.